The summed E-state index contributed by atoms with van der Waals surface area (Å²) in [4.78, 5) is 0. The number of benzene rings is 1. The highest BCUT2D eigenvalue weighted by Crippen LogP contribution is 2.47. The first-order valence-corrected chi connectivity index (χ1v) is 7.31. The van der Waals surface area contributed by atoms with Crippen molar-refractivity contribution >= 4 is 0 Å². The first kappa shape index (κ1) is 11.8. The third-order valence-corrected chi connectivity index (χ3v) is 4.78. The van der Waals surface area contributed by atoms with E-state index in [0.29, 0.717) is 11.3 Å². The lowest BCUT2D eigenvalue weighted by molar-refractivity contribution is 0.223. The van der Waals surface area contributed by atoms with Gasteiger partial charge in [0.1, 0.15) is 0 Å². The highest BCUT2D eigenvalue weighted by molar-refractivity contribution is 5.31. The van der Waals surface area contributed by atoms with Crippen LogP contribution in [0.25, 0.3) is 0 Å². The SMILES string of the molecule is C1=CCC(C2(c3ccccc3)CCCCC2)C=C1. The summed E-state index contributed by atoms with van der Waals surface area (Å²) < 4.78 is 0. The lowest BCUT2D eigenvalue weighted by atomic mass is 9.60. The van der Waals surface area contributed by atoms with Gasteiger partial charge in [-0.15, -0.1) is 0 Å². The second-order valence-corrected chi connectivity index (χ2v) is 5.74. The molecule has 1 aromatic rings. The lowest BCUT2D eigenvalue weighted by Gasteiger charge is -2.43. The monoisotopic (exact) mass is 238 g/mol. The zero-order valence-electron chi connectivity index (χ0n) is 11.0. The quantitative estimate of drug-likeness (QED) is 0.678. The Hall–Kier alpha value is -1.30. The van der Waals surface area contributed by atoms with E-state index in [-0.39, 0.29) is 0 Å². The smallest absolute Gasteiger partial charge is 0.00188 e. The average molecular weight is 238 g/mol. The van der Waals surface area contributed by atoms with Crippen LogP contribution in [0.1, 0.15) is 44.1 Å². The molecule has 0 heterocycles. The maximum absolute atomic E-state index is 2.44. The Morgan fingerprint density at radius 2 is 1.67 bits per heavy atom. The minimum absolute atomic E-state index is 0.404. The summed E-state index contributed by atoms with van der Waals surface area (Å²) in [7, 11) is 0. The summed E-state index contributed by atoms with van der Waals surface area (Å²) in [5.41, 5.74) is 1.97. The van der Waals surface area contributed by atoms with Gasteiger partial charge in [0.2, 0.25) is 0 Å². The van der Waals surface area contributed by atoms with Crippen LogP contribution >= 0.6 is 0 Å². The molecule has 2 aliphatic rings. The molecule has 1 fully saturated rings. The van der Waals surface area contributed by atoms with Crippen LogP contribution < -0.4 is 0 Å². The molecule has 0 amide bonds. The summed E-state index contributed by atoms with van der Waals surface area (Å²) >= 11 is 0. The molecule has 1 aromatic carbocycles. The summed E-state index contributed by atoms with van der Waals surface area (Å²) in [5, 5.41) is 0. The third kappa shape index (κ3) is 2.05. The van der Waals surface area contributed by atoms with E-state index in [1.165, 1.54) is 38.5 Å². The first-order chi connectivity index (χ1) is 8.92. The zero-order chi connectivity index (χ0) is 12.3. The number of hydrogen-bond donors (Lipinski definition) is 0. The number of allylic oxidation sites excluding steroid dienone is 4. The number of rotatable bonds is 2. The molecule has 0 spiro atoms. The van der Waals surface area contributed by atoms with E-state index in [0.717, 1.165) is 0 Å². The first-order valence-electron chi connectivity index (χ1n) is 7.31. The molecule has 0 heteroatoms. The molecule has 0 aromatic heterocycles. The van der Waals surface area contributed by atoms with Gasteiger partial charge in [0, 0.05) is 5.41 Å². The van der Waals surface area contributed by atoms with Crippen molar-refractivity contribution in [3.8, 4) is 0 Å². The standard InChI is InChI=1S/C18H22/c1-4-10-16(11-5-1)18(14-8-3-9-15-18)17-12-6-2-7-13-17/h1-2,4-7,10-12,17H,3,8-9,13-15H2. The van der Waals surface area contributed by atoms with Gasteiger partial charge in [-0.2, -0.15) is 0 Å². The van der Waals surface area contributed by atoms with Gasteiger partial charge < -0.3 is 0 Å². The van der Waals surface area contributed by atoms with Crippen LogP contribution in [0.3, 0.4) is 0 Å². The summed E-state index contributed by atoms with van der Waals surface area (Å²) in [6.45, 7) is 0. The lowest BCUT2D eigenvalue weighted by Crippen LogP contribution is -2.36. The molecule has 1 saturated carbocycles. The van der Waals surface area contributed by atoms with Gasteiger partial charge in [-0.25, -0.2) is 0 Å². The Morgan fingerprint density at radius 1 is 0.889 bits per heavy atom. The van der Waals surface area contributed by atoms with Crippen LogP contribution in [-0.4, -0.2) is 0 Å². The van der Waals surface area contributed by atoms with E-state index in [2.05, 4.69) is 54.6 Å². The second kappa shape index (κ2) is 5.14. The van der Waals surface area contributed by atoms with Crippen molar-refractivity contribution in [1.29, 1.82) is 0 Å². The van der Waals surface area contributed by atoms with E-state index in [4.69, 9.17) is 0 Å². The van der Waals surface area contributed by atoms with Crippen molar-refractivity contribution in [2.24, 2.45) is 5.92 Å². The molecule has 1 atom stereocenters. The van der Waals surface area contributed by atoms with Crippen molar-refractivity contribution in [1.82, 2.24) is 0 Å². The van der Waals surface area contributed by atoms with Crippen molar-refractivity contribution in [2.45, 2.75) is 43.9 Å². The van der Waals surface area contributed by atoms with E-state index in [1.54, 1.807) is 5.56 Å². The van der Waals surface area contributed by atoms with Crippen molar-refractivity contribution < 1.29 is 0 Å². The van der Waals surface area contributed by atoms with Gasteiger partial charge in [-0.05, 0) is 30.7 Å². The molecular formula is C18H22. The largest absolute Gasteiger partial charge is 0.0839 e. The molecule has 0 aliphatic heterocycles. The van der Waals surface area contributed by atoms with Gasteiger partial charge in [0.15, 0.2) is 0 Å². The number of hydrogen-bond acceptors (Lipinski definition) is 0. The molecular weight excluding hydrogens is 216 g/mol. The highest BCUT2D eigenvalue weighted by atomic mass is 14.4. The molecule has 18 heavy (non-hydrogen) atoms. The fraction of sp³-hybridized carbons (Fsp3) is 0.444. The van der Waals surface area contributed by atoms with Crippen LogP contribution in [0.4, 0.5) is 0 Å². The molecule has 2 aliphatic carbocycles. The minimum Gasteiger partial charge on any atom is -0.0839 e. The topological polar surface area (TPSA) is 0 Å². The molecule has 0 radical (unpaired) electrons. The van der Waals surface area contributed by atoms with Gasteiger partial charge in [-0.1, -0.05) is 73.9 Å². The fourth-order valence-corrected chi connectivity index (χ4v) is 3.82. The maximum Gasteiger partial charge on any atom is 0.00188 e. The molecule has 3 rings (SSSR count). The van der Waals surface area contributed by atoms with Crippen LogP contribution in [-0.2, 0) is 5.41 Å². The Balaban J connectivity index is 1.98. The fourth-order valence-electron chi connectivity index (χ4n) is 3.82. The van der Waals surface area contributed by atoms with Crippen LogP contribution in [0.15, 0.2) is 54.6 Å². The zero-order valence-corrected chi connectivity index (χ0v) is 11.0. The van der Waals surface area contributed by atoms with E-state index < -0.39 is 0 Å². The van der Waals surface area contributed by atoms with E-state index >= 15 is 0 Å². The average Bonchev–Trinajstić information content (AvgIpc) is 2.50. The van der Waals surface area contributed by atoms with Crippen LogP contribution in [0.2, 0.25) is 0 Å². The predicted molar refractivity (Wildman–Crippen MR) is 77.6 cm³/mol. The second-order valence-electron chi connectivity index (χ2n) is 5.74. The van der Waals surface area contributed by atoms with Gasteiger partial charge in [-0.3, -0.25) is 0 Å². The third-order valence-electron chi connectivity index (χ3n) is 4.78. The van der Waals surface area contributed by atoms with Crippen molar-refractivity contribution in [2.75, 3.05) is 0 Å². The van der Waals surface area contributed by atoms with Gasteiger partial charge in [0.05, 0.1) is 0 Å². The highest BCUT2D eigenvalue weighted by Gasteiger charge is 2.39. The molecule has 0 bridgehead atoms. The molecule has 1 unspecified atom stereocenters. The van der Waals surface area contributed by atoms with Gasteiger partial charge in [0.25, 0.3) is 0 Å². The molecule has 0 saturated heterocycles. The van der Waals surface area contributed by atoms with Crippen molar-refractivity contribution in [3.63, 3.8) is 0 Å². The Bertz CT molecular complexity index is 432. The summed E-state index contributed by atoms with van der Waals surface area (Å²) in [6, 6.07) is 11.2. The Labute approximate surface area is 110 Å². The Kier molecular flexibility index (Phi) is 3.36. The van der Waals surface area contributed by atoms with E-state index in [9.17, 15) is 0 Å². The van der Waals surface area contributed by atoms with Crippen molar-refractivity contribution in [3.05, 3.63) is 60.2 Å². The van der Waals surface area contributed by atoms with Crippen LogP contribution in [0.5, 0.6) is 0 Å². The predicted octanol–water partition coefficient (Wildman–Crippen LogP) is 5.02. The van der Waals surface area contributed by atoms with Gasteiger partial charge >= 0.3 is 0 Å². The van der Waals surface area contributed by atoms with E-state index in [1.807, 2.05) is 0 Å². The molecule has 0 N–H and O–H groups in total. The molecule has 94 valence electrons. The van der Waals surface area contributed by atoms with Crippen LogP contribution in [0, 0.1) is 5.92 Å². The molecule has 0 nitrogen and oxygen atoms in total. The normalized spacial score (nSPS) is 26.1. The minimum atomic E-state index is 0.404. The Morgan fingerprint density at radius 3 is 2.33 bits per heavy atom. The maximum atomic E-state index is 2.44. The summed E-state index contributed by atoms with van der Waals surface area (Å²) in [6.07, 6.45) is 17.4. The summed E-state index contributed by atoms with van der Waals surface area (Å²) in [5.74, 6) is 0.699.